The lowest BCUT2D eigenvalue weighted by atomic mass is 9.98. The van der Waals surface area contributed by atoms with E-state index >= 15 is 0 Å². The van der Waals surface area contributed by atoms with Gasteiger partial charge in [-0.1, -0.05) is 231 Å². The second-order valence-corrected chi connectivity index (χ2v) is 19.7. The Balaban J connectivity index is 2.33. The Hall–Kier alpha value is -1.41. The van der Waals surface area contributed by atoms with Gasteiger partial charge in [-0.2, -0.15) is 0 Å². The van der Waals surface area contributed by atoms with Crippen molar-refractivity contribution in [2.24, 2.45) is 0 Å². The number of nitrogens with one attached hydrogen (secondary N) is 1. The number of aliphatic hydroxyl groups is 7. The fourth-order valence-electron chi connectivity index (χ4n) is 8.94. The molecule has 8 N–H and O–H groups in total. The maximum absolute atomic E-state index is 13.2. The van der Waals surface area contributed by atoms with Crippen molar-refractivity contribution in [1.82, 2.24) is 5.32 Å². The molecule has 11 heteroatoms. The van der Waals surface area contributed by atoms with Crippen LogP contribution < -0.4 is 5.32 Å². The first-order valence-corrected chi connectivity index (χ1v) is 27.7. The summed E-state index contributed by atoms with van der Waals surface area (Å²) in [5.74, 6) is -0.699. The van der Waals surface area contributed by atoms with Crippen LogP contribution in [0.2, 0.25) is 0 Å². The van der Waals surface area contributed by atoms with Gasteiger partial charge in [0.2, 0.25) is 5.91 Å². The summed E-state index contributed by atoms with van der Waals surface area (Å²) in [4.78, 5) is 13.2. The number of ether oxygens (including phenoxy) is 2. The molecule has 0 aromatic heterocycles. The smallest absolute Gasteiger partial charge is 0.249 e. The first kappa shape index (κ1) is 62.6. The Morgan fingerprint density at radius 2 is 0.924 bits per heavy atom. The minimum atomic E-state index is -1.66. The molecule has 0 aliphatic carbocycles. The van der Waals surface area contributed by atoms with Crippen molar-refractivity contribution < 1.29 is 50.0 Å². The second-order valence-electron chi connectivity index (χ2n) is 19.7. The minimum Gasteiger partial charge on any atom is -0.394 e. The van der Waals surface area contributed by atoms with Crippen LogP contribution >= 0.6 is 0 Å². The summed E-state index contributed by atoms with van der Waals surface area (Å²) in [5.41, 5.74) is 0. The van der Waals surface area contributed by atoms with Crippen molar-refractivity contribution in [1.29, 1.82) is 0 Å². The SMILES string of the molecule is CCCCCCCCCCC/C=C\C/C=C\CCCCCCCCCCC(O)C(=O)NC(COC1OC(CO)C(O)C(O)C1O)C(O)C(O)CCCCCCCCCCCCCCCCC. The van der Waals surface area contributed by atoms with Crippen LogP contribution in [0.1, 0.15) is 251 Å². The first-order chi connectivity index (χ1) is 32.2. The Morgan fingerprint density at radius 3 is 1.35 bits per heavy atom. The van der Waals surface area contributed by atoms with E-state index < -0.39 is 74.2 Å². The van der Waals surface area contributed by atoms with E-state index in [9.17, 15) is 40.5 Å². The molecule has 11 nitrogen and oxygen atoms in total. The zero-order chi connectivity index (χ0) is 48.3. The average molecular weight is 940 g/mol. The fourth-order valence-corrected chi connectivity index (χ4v) is 8.94. The van der Waals surface area contributed by atoms with Gasteiger partial charge in [0, 0.05) is 0 Å². The van der Waals surface area contributed by atoms with Gasteiger partial charge >= 0.3 is 0 Å². The van der Waals surface area contributed by atoms with Crippen molar-refractivity contribution in [3.63, 3.8) is 0 Å². The maximum atomic E-state index is 13.2. The monoisotopic (exact) mass is 940 g/mol. The largest absolute Gasteiger partial charge is 0.394 e. The van der Waals surface area contributed by atoms with Crippen molar-refractivity contribution >= 4 is 5.91 Å². The van der Waals surface area contributed by atoms with E-state index in [1.54, 1.807) is 0 Å². The Bertz CT molecular complexity index is 1120. The molecule has 0 aromatic rings. The van der Waals surface area contributed by atoms with Crippen molar-refractivity contribution in [3.05, 3.63) is 24.3 Å². The molecule has 0 radical (unpaired) electrons. The number of aliphatic hydroxyl groups excluding tert-OH is 7. The molecular weight excluding hydrogens is 835 g/mol. The van der Waals surface area contributed by atoms with E-state index in [0.29, 0.717) is 19.3 Å². The van der Waals surface area contributed by atoms with Crippen LogP contribution in [0.25, 0.3) is 0 Å². The Labute approximate surface area is 404 Å². The molecule has 9 unspecified atom stereocenters. The van der Waals surface area contributed by atoms with Crippen LogP contribution in [0.15, 0.2) is 24.3 Å². The molecule has 1 aliphatic rings. The van der Waals surface area contributed by atoms with E-state index in [4.69, 9.17) is 9.47 Å². The fraction of sp³-hybridized carbons (Fsp3) is 0.909. The standard InChI is InChI=1S/C55H105NO10/c1-3-5-7-9-11-13-15-17-19-20-21-22-23-24-25-26-27-29-31-33-35-37-39-41-43-48(59)54(64)56-46(45-65-55-53(63)52(62)51(61)49(44-57)66-55)50(60)47(58)42-40-38-36-34-32-30-28-18-16-14-12-10-8-6-4-2/h21-22,24-25,46-53,55,57-63H,3-20,23,26-45H2,1-2H3,(H,56,64)/b22-21-,25-24-. The molecule has 1 amide bonds. The van der Waals surface area contributed by atoms with E-state index in [1.807, 2.05) is 0 Å². The van der Waals surface area contributed by atoms with Crippen LogP contribution in [-0.4, -0.2) is 110 Å². The number of amides is 1. The molecule has 0 aromatic carbocycles. The summed E-state index contributed by atoms with van der Waals surface area (Å²) in [6.45, 7) is 3.46. The van der Waals surface area contributed by atoms with Gasteiger partial charge in [0.15, 0.2) is 6.29 Å². The summed E-state index contributed by atoms with van der Waals surface area (Å²) in [6.07, 6.45) is 40.8. The molecule has 1 saturated heterocycles. The molecule has 1 heterocycles. The number of hydrogen-bond acceptors (Lipinski definition) is 10. The van der Waals surface area contributed by atoms with Crippen molar-refractivity contribution in [2.75, 3.05) is 13.2 Å². The van der Waals surface area contributed by atoms with Gasteiger partial charge in [-0.3, -0.25) is 4.79 Å². The van der Waals surface area contributed by atoms with Crippen molar-refractivity contribution in [3.8, 4) is 0 Å². The molecule has 0 saturated carbocycles. The number of rotatable bonds is 47. The molecular formula is C55H105NO10. The summed E-state index contributed by atoms with van der Waals surface area (Å²) in [7, 11) is 0. The van der Waals surface area contributed by atoms with Gasteiger partial charge in [0.05, 0.1) is 25.4 Å². The molecule has 0 bridgehead atoms. The summed E-state index contributed by atoms with van der Waals surface area (Å²) < 4.78 is 11.1. The highest BCUT2D eigenvalue weighted by molar-refractivity contribution is 5.80. The van der Waals surface area contributed by atoms with Crippen LogP contribution in [-0.2, 0) is 14.3 Å². The van der Waals surface area contributed by atoms with Gasteiger partial charge in [-0.05, 0) is 44.9 Å². The van der Waals surface area contributed by atoms with Gasteiger partial charge in [-0.15, -0.1) is 0 Å². The molecule has 1 fully saturated rings. The molecule has 0 spiro atoms. The summed E-state index contributed by atoms with van der Waals surface area (Å²) in [5, 5.41) is 76.0. The van der Waals surface area contributed by atoms with Gasteiger partial charge in [-0.25, -0.2) is 0 Å². The molecule has 9 atom stereocenters. The highest BCUT2D eigenvalue weighted by Crippen LogP contribution is 2.23. The second kappa shape index (κ2) is 44.8. The van der Waals surface area contributed by atoms with Gasteiger partial charge in [0.25, 0.3) is 0 Å². The van der Waals surface area contributed by atoms with Gasteiger partial charge in [0.1, 0.15) is 36.6 Å². The van der Waals surface area contributed by atoms with Crippen LogP contribution in [0.5, 0.6) is 0 Å². The molecule has 1 rings (SSSR count). The van der Waals surface area contributed by atoms with Crippen LogP contribution in [0.3, 0.4) is 0 Å². The minimum absolute atomic E-state index is 0.255. The molecule has 1 aliphatic heterocycles. The predicted molar refractivity (Wildman–Crippen MR) is 270 cm³/mol. The highest BCUT2D eigenvalue weighted by atomic mass is 16.7. The number of allylic oxidation sites excluding steroid dienone is 4. The topological polar surface area (TPSA) is 189 Å². The molecule has 66 heavy (non-hydrogen) atoms. The zero-order valence-electron chi connectivity index (χ0n) is 42.4. The number of unbranched alkanes of at least 4 members (excludes halogenated alkanes) is 31. The van der Waals surface area contributed by atoms with E-state index in [1.165, 1.54) is 161 Å². The van der Waals surface area contributed by atoms with Crippen LogP contribution in [0.4, 0.5) is 0 Å². The van der Waals surface area contributed by atoms with E-state index in [0.717, 1.165) is 51.4 Å². The third-order valence-corrected chi connectivity index (χ3v) is 13.5. The number of carbonyl (C=O) groups is 1. The summed E-state index contributed by atoms with van der Waals surface area (Å²) >= 11 is 0. The Kier molecular flexibility index (Phi) is 42.5. The number of carbonyl (C=O) groups excluding carboxylic acids is 1. The van der Waals surface area contributed by atoms with Crippen LogP contribution in [0, 0.1) is 0 Å². The lowest BCUT2D eigenvalue weighted by molar-refractivity contribution is -0.303. The average Bonchev–Trinajstić information content (AvgIpc) is 3.32. The molecule has 390 valence electrons. The lowest BCUT2D eigenvalue weighted by Gasteiger charge is -2.40. The Morgan fingerprint density at radius 1 is 0.530 bits per heavy atom. The summed E-state index contributed by atoms with van der Waals surface area (Å²) in [6, 6.07) is -1.17. The third-order valence-electron chi connectivity index (χ3n) is 13.5. The third kappa shape index (κ3) is 33.2. The normalized spacial score (nSPS) is 20.9. The van der Waals surface area contributed by atoms with Crippen molar-refractivity contribution in [2.45, 2.75) is 306 Å². The quantitative estimate of drug-likeness (QED) is 0.0215. The number of hydrogen-bond donors (Lipinski definition) is 8. The lowest BCUT2D eigenvalue weighted by Crippen LogP contribution is -2.60. The highest BCUT2D eigenvalue weighted by Gasteiger charge is 2.44. The zero-order valence-corrected chi connectivity index (χ0v) is 42.4. The van der Waals surface area contributed by atoms with E-state index in [2.05, 4.69) is 43.5 Å². The first-order valence-electron chi connectivity index (χ1n) is 27.7. The predicted octanol–water partition coefficient (Wildman–Crippen LogP) is 11.0. The maximum Gasteiger partial charge on any atom is 0.249 e. The van der Waals surface area contributed by atoms with E-state index in [-0.39, 0.29) is 6.42 Å². The van der Waals surface area contributed by atoms with Gasteiger partial charge < -0.3 is 50.5 Å².